The van der Waals surface area contributed by atoms with Crippen LogP contribution in [0.25, 0.3) is 11.4 Å². The number of H-pyrrole nitrogens is 1. The maximum absolute atomic E-state index is 12.7. The van der Waals surface area contributed by atoms with Crippen LogP contribution in [0.4, 0.5) is 10.5 Å². The Bertz CT molecular complexity index is 1100. The Morgan fingerprint density at radius 1 is 1.27 bits per heavy atom. The number of amides is 2. The Labute approximate surface area is 179 Å². The number of nitrogens with zero attached hydrogens (tertiary/aromatic N) is 3. The first-order valence-electron chi connectivity index (χ1n) is 10.2. The van der Waals surface area contributed by atoms with Crippen molar-refractivity contribution in [2.24, 2.45) is 0 Å². The summed E-state index contributed by atoms with van der Waals surface area (Å²) in [6, 6.07) is 8.79. The second-order valence-electron chi connectivity index (χ2n) is 7.54. The minimum absolute atomic E-state index is 0.107. The quantitative estimate of drug-likeness (QED) is 0.659. The number of likely N-dealkylation sites (tertiary alicyclic amines) is 1. The Kier molecular flexibility index (Phi) is 5.94. The van der Waals surface area contributed by atoms with Crippen molar-refractivity contribution in [3.05, 3.63) is 62.5 Å². The molecule has 1 aliphatic rings. The summed E-state index contributed by atoms with van der Waals surface area (Å²) in [6.07, 6.45) is 2.54. The third-order valence-corrected chi connectivity index (χ3v) is 6.44. The maximum Gasteiger partial charge on any atom is 0.321 e. The molecule has 156 valence electrons. The van der Waals surface area contributed by atoms with Gasteiger partial charge in [-0.1, -0.05) is 19.1 Å². The molecule has 2 amide bonds. The first-order valence-corrected chi connectivity index (χ1v) is 11.1. The third-order valence-electron chi connectivity index (χ3n) is 5.31. The number of nitrogens with one attached hydrogen (secondary N) is 2. The molecule has 7 nitrogen and oxygen atoms in total. The summed E-state index contributed by atoms with van der Waals surface area (Å²) in [5.41, 5.74) is 3.07. The van der Waals surface area contributed by atoms with Gasteiger partial charge in [0.2, 0.25) is 0 Å². The number of benzene rings is 1. The van der Waals surface area contributed by atoms with Crippen LogP contribution in [0.3, 0.4) is 0 Å². The van der Waals surface area contributed by atoms with E-state index in [9.17, 15) is 9.59 Å². The normalized spacial score (nSPS) is 14.7. The Morgan fingerprint density at radius 3 is 2.77 bits per heavy atom. The van der Waals surface area contributed by atoms with Crippen LogP contribution in [-0.4, -0.2) is 39.0 Å². The summed E-state index contributed by atoms with van der Waals surface area (Å²) in [4.78, 5) is 38.3. The summed E-state index contributed by atoms with van der Waals surface area (Å²) < 4.78 is 0. The first-order chi connectivity index (χ1) is 14.5. The van der Waals surface area contributed by atoms with Gasteiger partial charge >= 0.3 is 6.03 Å². The SMILES string of the molecule is CCc1cc(=O)[nH]c(-c2cccc(NC(=O)N3CCC(c4nc(C)cs4)CC3)c2)n1. The highest BCUT2D eigenvalue weighted by Gasteiger charge is 2.25. The molecule has 2 N–H and O–H groups in total. The predicted molar refractivity (Wildman–Crippen MR) is 119 cm³/mol. The van der Waals surface area contributed by atoms with Crippen LogP contribution in [0.15, 0.2) is 40.5 Å². The van der Waals surface area contributed by atoms with Gasteiger partial charge in [0.25, 0.3) is 5.56 Å². The summed E-state index contributed by atoms with van der Waals surface area (Å²) in [5.74, 6) is 0.944. The van der Waals surface area contributed by atoms with Gasteiger partial charge in [0, 0.05) is 53.1 Å². The number of aromatic nitrogens is 3. The van der Waals surface area contributed by atoms with Crippen LogP contribution in [0.5, 0.6) is 0 Å². The summed E-state index contributed by atoms with van der Waals surface area (Å²) in [5, 5.41) is 6.24. The van der Waals surface area contributed by atoms with E-state index >= 15 is 0 Å². The molecule has 8 heteroatoms. The van der Waals surface area contributed by atoms with Gasteiger partial charge in [-0.15, -0.1) is 11.3 Å². The van der Waals surface area contributed by atoms with Crippen molar-refractivity contribution in [1.29, 1.82) is 0 Å². The molecule has 3 heterocycles. The number of thiazole rings is 1. The van der Waals surface area contributed by atoms with Crippen molar-refractivity contribution in [2.45, 2.75) is 39.0 Å². The lowest BCUT2D eigenvalue weighted by Gasteiger charge is -2.31. The molecule has 0 saturated carbocycles. The van der Waals surface area contributed by atoms with Gasteiger partial charge < -0.3 is 15.2 Å². The number of aryl methyl sites for hydroxylation is 2. The zero-order chi connectivity index (χ0) is 21.1. The molecule has 1 fully saturated rings. The number of anilines is 1. The van der Waals surface area contributed by atoms with Crippen LogP contribution in [0.2, 0.25) is 0 Å². The molecule has 0 atom stereocenters. The van der Waals surface area contributed by atoms with Crippen molar-refractivity contribution < 1.29 is 4.79 Å². The Morgan fingerprint density at radius 2 is 2.07 bits per heavy atom. The third kappa shape index (κ3) is 4.59. The van der Waals surface area contributed by atoms with E-state index in [2.05, 4.69) is 25.6 Å². The highest BCUT2D eigenvalue weighted by atomic mass is 32.1. The largest absolute Gasteiger partial charge is 0.324 e. The zero-order valence-corrected chi connectivity index (χ0v) is 18.0. The molecular weight excluding hydrogens is 398 g/mol. The predicted octanol–water partition coefficient (Wildman–Crippen LogP) is 4.18. The van der Waals surface area contributed by atoms with Gasteiger partial charge in [0.1, 0.15) is 5.82 Å². The minimum atomic E-state index is -0.176. The van der Waals surface area contributed by atoms with E-state index in [4.69, 9.17) is 0 Å². The number of carbonyl (C=O) groups excluding carboxylic acids is 1. The van der Waals surface area contributed by atoms with Crippen LogP contribution in [-0.2, 0) is 6.42 Å². The average molecular weight is 424 g/mol. The van der Waals surface area contributed by atoms with Crippen molar-refractivity contribution >= 4 is 23.1 Å². The van der Waals surface area contributed by atoms with E-state index in [-0.39, 0.29) is 11.6 Å². The first kappa shape index (κ1) is 20.3. The highest BCUT2D eigenvalue weighted by molar-refractivity contribution is 7.09. The van der Waals surface area contributed by atoms with Gasteiger partial charge in [-0.05, 0) is 38.3 Å². The highest BCUT2D eigenvalue weighted by Crippen LogP contribution is 2.30. The van der Waals surface area contributed by atoms with E-state index in [1.165, 1.54) is 11.1 Å². The summed E-state index contributed by atoms with van der Waals surface area (Å²) >= 11 is 1.71. The van der Waals surface area contributed by atoms with Gasteiger partial charge in [-0.3, -0.25) is 4.79 Å². The van der Waals surface area contributed by atoms with Crippen molar-refractivity contribution in [3.63, 3.8) is 0 Å². The van der Waals surface area contributed by atoms with Gasteiger partial charge in [0.05, 0.1) is 5.01 Å². The molecule has 0 unspecified atom stereocenters. The molecule has 3 aromatic rings. The van der Waals surface area contributed by atoms with Crippen LogP contribution in [0.1, 0.15) is 42.1 Å². The summed E-state index contributed by atoms with van der Waals surface area (Å²) in [7, 11) is 0. The van der Waals surface area contributed by atoms with Crippen LogP contribution in [0, 0.1) is 6.92 Å². The van der Waals surface area contributed by atoms with E-state index in [1.54, 1.807) is 11.3 Å². The minimum Gasteiger partial charge on any atom is -0.324 e. The van der Waals surface area contributed by atoms with Crippen LogP contribution < -0.4 is 10.9 Å². The number of aromatic amines is 1. The Hall–Kier alpha value is -3.00. The van der Waals surface area contributed by atoms with Gasteiger partial charge in [0.15, 0.2) is 0 Å². The zero-order valence-electron chi connectivity index (χ0n) is 17.1. The number of hydrogen-bond acceptors (Lipinski definition) is 5. The number of urea groups is 1. The molecule has 1 aliphatic heterocycles. The molecule has 4 rings (SSSR count). The molecule has 0 aliphatic carbocycles. The maximum atomic E-state index is 12.7. The monoisotopic (exact) mass is 423 g/mol. The second kappa shape index (κ2) is 8.79. The molecule has 0 bridgehead atoms. The fraction of sp³-hybridized carbons (Fsp3) is 0.364. The van der Waals surface area contributed by atoms with Gasteiger partial charge in [-0.25, -0.2) is 14.8 Å². The number of rotatable bonds is 4. The van der Waals surface area contributed by atoms with E-state index in [0.29, 0.717) is 36.9 Å². The molecule has 1 aromatic carbocycles. The lowest BCUT2D eigenvalue weighted by molar-refractivity contribution is 0.194. The number of hydrogen-bond donors (Lipinski definition) is 2. The van der Waals surface area contributed by atoms with E-state index in [1.807, 2.05) is 43.0 Å². The number of carbonyl (C=O) groups is 1. The van der Waals surface area contributed by atoms with E-state index in [0.717, 1.165) is 29.8 Å². The van der Waals surface area contributed by atoms with Crippen LogP contribution >= 0.6 is 11.3 Å². The van der Waals surface area contributed by atoms with E-state index < -0.39 is 0 Å². The summed E-state index contributed by atoms with van der Waals surface area (Å²) in [6.45, 7) is 5.39. The smallest absolute Gasteiger partial charge is 0.321 e. The second-order valence-corrected chi connectivity index (χ2v) is 8.43. The molecular formula is C22H25N5O2S. The molecule has 30 heavy (non-hydrogen) atoms. The van der Waals surface area contributed by atoms with Crippen molar-refractivity contribution in [1.82, 2.24) is 19.9 Å². The van der Waals surface area contributed by atoms with Gasteiger partial charge in [-0.2, -0.15) is 0 Å². The topological polar surface area (TPSA) is 91.0 Å². The average Bonchev–Trinajstić information content (AvgIpc) is 3.20. The lowest BCUT2D eigenvalue weighted by atomic mass is 9.98. The molecule has 1 saturated heterocycles. The number of piperidine rings is 1. The molecule has 0 spiro atoms. The lowest BCUT2D eigenvalue weighted by Crippen LogP contribution is -2.40. The van der Waals surface area contributed by atoms with Crippen molar-refractivity contribution in [2.75, 3.05) is 18.4 Å². The molecule has 0 radical (unpaired) electrons. The fourth-order valence-electron chi connectivity index (χ4n) is 3.66. The standard InChI is InChI=1S/C22H25N5O2S/c1-3-17-12-19(28)26-20(24-17)16-5-4-6-18(11-16)25-22(29)27-9-7-15(8-10-27)21-23-14(2)13-30-21/h4-6,11-13,15H,3,7-10H2,1-2H3,(H,25,29)(H,24,26,28). The fourth-order valence-corrected chi connectivity index (χ4v) is 4.63. The van der Waals surface area contributed by atoms with Crippen molar-refractivity contribution in [3.8, 4) is 11.4 Å². The Balaban J connectivity index is 1.41. The molecule has 2 aromatic heterocycles.